The van der Waals surface area contributed by atoms with E-state index >= 15 is 0 Å². The van der Waals surface area contributed by atoms with E-state index < -0.39 is 11.7 Å². The lowest BCUT2D eigenvalue weighted by atomic mass is 10.1. The Labute approximate surface area is 97.6 Å². The molecule has 1 aromatic rings. The van der Waals surface area contributed by atoms with Crippen LogP contribution in [0.4, 0.5) is 18.9 Å². The molecule has 2 N–H and O–H groups in total. The highest BCUT2D eigenvalue weighted by molar-refractivity contribution is 7.80. The van der Waals surface area contributed by atoms with E-state index in [2.05, 4.69) is 12.6 Å². The third kappa shape index (κ3) is 3.48. The molecule has 1 nitrogen and oxygen atoms in total. The van der Waals surface area contributed by atoms with Gasteiger partial charge in [-0.25, -0.2) is 0 Å². The molecule has 0 saturated carbocycles. The lowest BCUT2D eigenvalue weighted by Gasteiger charge is -2.10. The maximum atomic E-state index is 12.6. The van der Waals surface area contributed by atoms with Crippen molar-refractivity contribution in [3.63, 3.8) is 0 Å². The van der Waals surface area contributed by atoms with Gasteiger partial charge in [-0.05, 0) is 35.9 Å². The Hall–Kier alpha value is -1.10. The van der Waals surface area contributed by atoms with Gasteiger partial charge in [0.05, 0.1) is 5.56 Å². The standard InChI is InChI=1S/C11H12F3NS/c12-11(13,14)10-5-4-9(15)7-8(10)3-1-2-6-16/h1,3-5,7,16H,2,6,15H2. The number of anilines is 1. The molecule has 0 aliphatic carbocycles. The summed E-state index contributed by atoms with van der Waals surface area (Å²) in [6, 6.07) is 3.56. The fraction of sp³-hybridized carbons (Fsp3) is 0.273. The first kappa shape index (κ1) is 13.0. The maximum absolute atomic E-state index is 12.6. The van der Waals surface area contributed by atoms with Crippen LogP contribution in [0.1, 0.15) is 17.5 Å². The fourth-order valence-electron chi connectivity index (χ4n) is 1.26. The summed E-state index contributed by atoms with van der Waals surface area (Å²) in [6.07, 6.45) is -0.657. The van der Waals surface area contributed by atoms with Gasteiger partial charge in [0.1, 0.15) is 0 Å². The molecule has 1 aromatic carbocycles. The van der Waals surface area contributed by atoms with Crippen LogP contribution >= 0.6 is 12.6 Å². The molecule has 0 radical (unpaired) electrons. The van der Waals surface area contributed by atoms with Crippen LogP contribution in [-0.2, 0) is 6.18 Å². The zero-order chi connectivity index (χ0) is 12.2. The Morgan fingerprint density at radius 1 is 1.31 bits per heavy atom. The van der Waals surface area contributed by atoms with Crippen molar-refractivity contribution in [2.24, 2.45) is 0 Å². The zero-order valence-corrected chi connectivity index (χ0v) is 9.35. The second-order valence-electron chi connectivity index (χ2n) is 3.26. The highest BCUT2D eigenvalue weighted by Gasteiger charge is 2.32. The molecule has 0 aliphatic rings. The number of benzene rings is 1. The minimum atomic E-state index is -4.35. The van der Waals surface area contributed by atoms with Gasteiger partial charge < -0.3 is 5.73 Å². The van der Waals surface area contributed by atoms with E-state index in [9.17, 15) is 13.2 Å². The van der Waals surface area contributed by atoms with E-state index in [4.69, 9.17) is 5.73 Å². The molecule has 0 amide bonds. The molecule has 0 spiro atoms. The van der Waals surface area contributed by atoms with Crippen molar-refractivity contribution < 1.29 is 13.2 Å². The Kier molecular flexibility index (Phi) is 4.29. The molecular formula is C11H12F3NS. The third-order valence-corrected chi connectivity index (χ3v) is 2.23. The summed E-state index contributed by atoms with van der Waals surface area (Å²) in [5.74, 6) is 0.597. The zero-order valence-electron chi connectivity index (χ0n) is 8.46. The largest absolute Gasteiger partial charge is 0.416 e. The summed E-state index contributed by atoms with van der Waals surface area (Å²) in [7, 11) is 0. The van der Waals surface area contributed by atoms with Crippen molar-refractivity contribution in [2.75, 3.05) is 11.5 Å². The molecule has 0 unspecified atom stereocenters. The number of nitrogens with two attached hydrogens (primary N) is 1. The fourth-order valence-corrected chi connectivity index (χ4v) is 1.41. The van der Waals surface area contributed by atoms with Crippen molar-refractivity contribution in [1.82, 2.24) is 0 Å². The first-order valence-corrected chi connectivity index (χ1v) is 5.32. The van der Waals surface area contributed by atoms with Gasteiger partial charge in [0.15, 0.2) is 0 Å². The number of nitrogen functional groups attached to an aromatic ring is 1. The van der Waals surface area contributed by atoms with Crippen LogP contribution in [0.5, 0.6) is 0 Å². The molecule has 1 rings (SSSR count). The highest BCUT2D eigenvalue weighted by atomic mass is 32.1. The number of thiol groups is 1. The van der Waals surface area contributed by atoms with Crippen LogP contribution in [0.25, 0.3) is 6.08 Å². The van der Waals surface area contributed by atoms with Crippen molar-refractivity contribution in [2.45, 2.75) is 12.6 Å². The Bertz CT molecular complexity index is 385. The quantitative estimate of drug-likeness (QED) is 0.619. The lowest BCUT2D eigenvalue weighted by molar-refractivity contribution is -0.137. The number of hydrogen-bond acceptors (Lipinski definition) is 2. The molecule has 0 aromatic heterocycles. The first-order chi connectivity index (χ1) is 7.45. The van der Waals surface area contributed by atoms with Crippen molar-refractivity contribution in [3.05, 3.63) is 35.4 Å². The number of hydrogen-bond donors (Lipinski definition) is 2. The smallest absolute Gasteiger partial charge is 0.399 e. The number of alkyl halides is 3. The summed E-state index contributed by atoms with van der Waals surface area (Å²) >= 11 is 3.97. The third-order valence-electron chi connectivity index (χ3n) is 1.97. The lowest BCUT2D eigenvalue weighted by Crippen LogP contribution is -2.07. The van der Waals surface area contributed by atoms with E-state index in [1.807, 2.05) is 0 Å². The predicted octanol–water partition coefficient (Wildman–Crippen LogP) is 3.62. The number of rotatable bonds is 3. The SMILES string of the molecule is Nc1ccc(C(F)(F)F)c(C=CCCS)c1. The number of allylic oxidation sites excluding steroid dienone is 1. The highest BCUT2D eigenvalue weighted by Crippen LogP contribution is 2.33. The summed E-state index contributed by atoms with van der Waals surface area (Å²) in [6.45, 7) is 0. The van der Waals surface area contributed by atoms with E-state index in [1.165, 1.54) is 18.2 Å². The molecule has 0 saturated heterocycles. The van der Waals surface area contributed by atoms with Gasteiger partial charge in [-0.2, -0.15) is 25.8 Å². The van der Waals surface area contributed by atoms with E-state index in [0.29, 0.717) is 17.9 Å². The molecule has 0 heterocycles. The van der Waals surface area contributed by atoms with E-state index in [-0.39, 0.29) is 5.56 Å². The van der Waals surface area contributed by atoms with Gasteiger partial charge in [-0.1, -0.05) is 12.2 Å². The van der Waals surface area contributed by atoms with Gasteiger partial charge in [0, 0.05) is 5.69 Å². The molecule has 0 aliphatic heterocycles. The topological polar surface area (TPSA) is 26.0 Å². The Morgan fingerprint density at radius 2 is 2.00 bits per heavy atom. The maximum Gasteiger partial charge on any atom is 0.416 e. The Morgan fingerprint density at radius 3 is 2.56 bits per heavy atom. The van der Waals surface area contributed by atoms with Crippen molar-refractivity contribution in [3.8, 4) is 0 Å². The first-order valence-electron chi connectivity index (χ1n) is 4.69. The van der Waals surface area contributed by atoms with Gasteiger partial charge in [0.25, 0.3) is 0 Å². The second kappa shape index (κ2) is 5.30. The van der Waals surface area contributed by atoms with Crippen LogP contribution in [0.2, 0.25) is 0 Å². The summed E-state index contributed by atoms with van der Waals surface area (Å²) < 4.78 is 37.8. The summed E-state index contributed by atoms with van der Waals surface area (Å²) in [5.41, 5.74) is 5.20. The predicted molar refractivity (Wildman–Crippen MR) is 63.4 cm³/mol. The molecule has 0 fully saturated rings. The molecular weight excluding hydrogens is 235 g/mol. The average Bonchev–Trinajstić information content (AvgIpc) is 2.16. The van der Waals surface area contributed by atoms with Crippen LogP contribution in [0.15, 0.2) is 24.3 Å². The summed E-state index contributed by atoms with van der Waals surface area (Å²) in [5, 5.41) is 0. The summed E-state index contributed by atoms with van der Waals surface area (Å²) in [4.78, 5) is 0. The van der Waals surface area contributed by atoms with Crippen molar-refractivity contribution >= 4 is 24.4 Å². The second-order valence-corrected chi connectivity index (χ2v) is 3.71. The van der Waals surface area contributed by atoms with Gasteiger partial charge >= 0.3 is 6.18 Å². The minimum Gasteiger partial charge on any atom is -0.399 e. The molecule has 88 valence electrons. The van der Waals surface area contributed by atoms with Crippen LogP contribution in [-0.4, -0.2) is 5.75 Å². The molecule has 0 bridgehead atoms. The number of halogens is 3. The average molecular weight is 247 g/mol. The van der Waals surface area contributed by atoms with Crippen molar-refractivity contribution in [1.29, 1.82) is 0 Å². The monoisotopic (exact) mass is 247 g/mol. The van der Waals surface area contributed by atoms with Crippen LogP contribution in [0, 0.1) is 0 Å². The van der Waals surface area contributed by atoms with E-state index in [1.54, 1.807) is 6.08 Å². The van der Waals surface area contributed by atoms with Crippen LogP contribution < -0.4 is 5.73 Å². The minimum absolute atomic E-state index is 0.0919. The molecule has 0 atom stereocenters. The van der Waals surface area contributed by atoms with Crippen LogP contribution in [0.3, 0.4) is 0 Å². The molecule has 5 heteroatoms. The van der Waals surface area contributed by atoms with Gasteiger partial charge in [-0.15, -0.1) is 0 Å². The Balaban J connectivity index is 3.09. The van der Waals surface area contributed by atoms with Gasteiger partial charge in [-0.3, -0.25) is 0 Å². The molecule has 16 heavy (non-hydrogen) atoms. The normalized spacial score (nSPS) is 12.2. The van der Waals surface area contributed by atoms with Gasteiger partial charge in [0.2, 0.25) is 0 Å². The van der Waals surface area contributed by atoms with E-state index in [0.717, 1.165) is 6.07 Å².